The fourth-order valence-electron chi connectivity index (χ4n) is 3.70. The van der Waals surface area contributed by atoms with Crippen LogP contribution in [0.4, 0.5) is 0 Å². The zero-order valence-electron chi connectivity index (χ0n) is 13.9. The van der Waals surface area contributed by atoms with E-state index in [4.69, 9.17) is 4.74 Å². The number of hydrogen-bond acceptors (Lipinski definition) is 4. The highest BCUT2D eigenvalue weighted by atomic mass is 16.5. The maximum atomic E-state index is 12.6. The largest absolute Gasteiger partial charge is 0.370 e. The van der Waals surface area contributed by atoms with Crippen molar-refractivity contribution in [2.45, 2.75) is 44.9 Å². The average Bonchev–Trinajstić information content (AvgIpc) is 3.09. The molecule has 2 atom stereocenters. The standard InChI is InChI=1S/C18H22N4O2/c1-13-4-2-3-5-14(13)6-7-18(23)21-9-8-17-16(11-21)22-15(12-24-17)10-19-20-22/h2-5,10,16-17H,6-9,11-12H2,1H3/t16-,17+/m0/s1. The topological polar surface area (TPSA) is 60.3 Å². The molecule has 2 aromatic rings. The SMILES string of the molecule is Cc1ccccc1CCC(=O)N1CC[C@H]2OCc3cnnn3[C@H]2C1. The van der Waals surface area contributed by atoms with Crippen LogP contribution in [0.15, 0.2) is 30.5 Å². The molecule has 0 unspecified atom stereocenters. The summed E-state index contributed by atoms with van der Waals surface area (Å²) >= 11 is 0. The van der Waals surface area contributed by atoms with E-state index in [1.807, 2.05) is 21.7 Å². The summed E-state index contributed by atoms with van der Waals surface area (Å²) in [6.45, 7) is 4.08. The Bertz CT molecular complexity index is 742. The Hall–Kier alpha value is -2.21. The third-order valence-corrected chi connectivity index (χ3v) is 5.15. The lowest BCUT2D eigenvalue weighted by Crippen LogP contribution is -2.49. The fraction of sp³-hybridized carbons (Fsp3) is 0.500. The molecule has 0 spiro atoms. The van der Waals surface area contributed by atoms with Crippen molar-refractivity contribution in [3.8, 4) is 0 Å². The highest BCUT2D eigenvalue weighted by Crippen LogP contribution is 2.30. The van der Waals surface area contributed by atoms with Crippen molar-refractivity contribution < 1.29 is 9.53 Å². The van der Waals surface area contributed by atoms with E-state index < -0.39 is 0 Å². The molecule has 24 heavy (non-hydrogen) atoms. The van der Waals surface area contributed by atoms with E-state index in [0.717, 1.165) is 25.1 Å². The van der Waals surface area contributed by atoms with Crippen molar-refractivity contribution >= 4 is 5.91 Å². The second-order valence-electron chi connectivity index (χ2n) is 6.64. The van der Waals surface area contributed by atoms with Gasteiger partial charge < -0.3 is 9.64 Å². The van der Waals surface area contributed by atoms with Gasteiger partial charge in [-0.15, -0.1) is 5.10 Å². The Balaban J connectivity index is 1.41. The van der Waals surface area contributed by atoms with Gasteiger partial charge in [0.05, 0.1) is 30.6 Å². The van der Waals surface area contributed by atoms with Crippen molar-refractivity contribution in [3.05, 3.63) is 47.3 Å². The molecular formula is C18H22N4O2. The number of carbonyl (C=O) groups excluding carboxylic acids is 1. The highest BCUT2D eigenvalue weighted by molar-refractivity contribution is 5.76. The van der Waals surface area contributed by atoms with Crippen molar-refractivity contribution in [1.29, 1.82) is 0 Å². The number of fused-ring (bicyclic) bond motifs is 3. The van der Waals surface area contributed by atoms with Gasteiger partial charge in [0.25, 0.3) is 0 Å². The molecule has 1 aromatic heterocycles. The summed E-state index contributed by atoms with van der Waals surface area (Å²) in [6, 6.07) is 8.35. The smallest absolute Gasteiger partial charge is 0.222 e. The Morgan fingerprint density at radius 2 is 2.25 bits per heavy atom. The molecule has 1 saturated heterocycles. The van der Waals surface area contributed by atoms with Crippen LogP contribution in [0.2, 0.25) is 0 Å². The lowest BCUT2D eigenvalue weighted by atomic mass is 9.99. The molecule has 1 amide bonds. The van der Waals surface area contributed by atoms with E-state index in [0.29, 0.717) is 19.6 Å². The zero-order chi connectivity index (χ0) is 16.5. The predicted octanol–water partition coefficient (Wildman–Crippen LogP) is 1.89. The van der Waals surface area contributed by atoms with E-state index in [1.54, 1.807) is 6.20 Å². The summed E-state index contributed by atoms with van der Waals surface area (Å²) in [4.78, 5) is 14.6. The lowest BCUT2D eigenvalue weighted by molar-refractivity contribution is -0.138. The van der Waals surface area contributed by atoms with Crippen molar-refractivity contribution in [3.63, 3.8) is 0 Å². The van der Waals surface area contributed by atoms with E-state index in [9.17, 15) is 4.79 Å². The van der Waals surface area contributed by atoms with Crippen molar-refractivity contribution in [2.75, 3.05) is 13.1 Å². The van der Waals surface area contributed by atoms with Gasteiger partial charge in [0.2, 0.25) is 5.91 Å². The molecule has 1 fully saturated rings. The Labute approximate surface area is 141 Å². The maximum Gasteiger partial charge on any atom is 0.222 e. The molecule has 3 heterocycles. The van der Waals surface area contributed by atoms with Gasteiger partial charge >= 0.3 is 0 Å². The Morgan fingerprint density at radius 3 is 3.12 bits per heavy atom. The fourth-order valence-corrected chi connectivity index (χ4v) is 3.70. The molecule has 126 valence electrons. The van der Waals surface area contributed by atoms with Gasteiger partial charge in [0.15, 0.2) is 0 Å². The monoisotopic (exact) mass is 326 g/mol. The summed E-state index contributed by atoms with van der Waals surface area (Å²) in [6.07, 6.45) is 4.09. The number of nitrogens with zero attached hydrogens (tertiary/aromatic N) is 4. The molecule has 0 bridgehead atoms. The number of hydrogen-bond donors (Lipinski definition) is 0. The molecule has 0 N–H and O–H groups in total. The number of aryl methyl sites for hydroxylation is 2. The summed E-state index contributed by atoms with van der Waals surface area (Å²) in [7, 11) is 0. The van der Waals surface area contributed by atoms with Crippen LogP contribution in [0.25, 0.3) is 0 Å². The number of aromatic nitrogens is 3. The lowest BCUT2D eigenvalue weighted by Gasteiger charge is -2.41. The van der Waals surface area contributed by atoms with Crippen LogP contribution in [0, 0.1) is 6.92 Å². The summed E-state index contributed by atoms with van der Waals surface area (Å²) in [5, 5.41) is 8.17. The quantitative estimate of drug-likeness (QED) is 0.864. The maximum absolute atomic E-state index is 12.6. The van der Waals surface area contributed by atoms with Crippen molar-refractivity contribution in [1.82, 2.24) is 19.9 Å². The summed E-state index contributed by atoms with van der Waals surface area (Å²) in [5.74, 6) is 0.212. The van der Waals surface area contributed by atoms with E-state index >= 15 is 0 Å². The molecule has 1 aromatic carbocycles. The first kappa shape index (κ1) is 15.3. The molecule has 2 aliphatic heterocycles. The van der Waals surface area contributed by atoms with Gasteiger partial charge in [0.1, 0.15) is 0 Å². The second-order valence-corrected chi connectivity index (χ2v) is 6.64. The van der Waals surface area contributed by atoms with Gasteiger partial charge in [-0.3, -0.25) is 4.79 Å². The third-order valence-electron chi connectivity index (χ3n) is 5.15. The van der Waals surface area contributed by atoms with Gasteiger partial charge in [0, 0.05) is 19.5 Å². The summed E-state index contributed by atoms with van der Waals surface area (Å²) in [5.41, 5.74) is 3.49. The molecule has 0 aliphatic carbocycles. The molecule has 6 heteroatoms. The van der Waals surface area contributed by atoms with Crippen LogP contribution < -0.4 is 0 Å². The van der Waals surface area contributed by atoms with Gasteiger partial charge in [-0.05, 0) is 30.9 Å². The van der Waals surface area contributed by atoms with E-state index in [2.05, 4.69) is 29.4 Å². The van der Waals surface area contributed by atoms with Crippen LogP contribution >= 0.6 is 0 Å². The molecule has 0 saturated carbocycles. The predicted molar refractivity (Wildman–Crippen MR) is 88.3 cm³/mol. The van der Waals surface area contributed by atoms with E-state index in [1.165, 1.54) is 11.1 Å². The first-order valence-corrected chi connectivity index (χ1v) is 8.55. The number of benzene rings is 1. The number of likely N-dealkylation sites (tertiary alicyclic amines) is 1. The molecule has 0 radical (unpaired) electrons. The number of carbonyl (C=O) groups is 1. The van der Waals surface area contributed by atoms with Gasteiger partial charge in [-0.25, -0.2) is 4.68 Å². The first-order valence-electron chi connectivity index (χ1n) is 8.55. The van der Waals surface area contributed by atoms with Crippen LogP contribution in [0.3, 0.4) is 0 Å². The number of ether oxygens (including phenoxy) is 1. The Morgan fingerprint density at radius 1 is 1.38 bits per heavy atom. The molecular weight excluding hydrogens is 304 g/mol. The van der Waals surface area contributed by atoms with Crippen LogP contribution in [-0.4, -0.2) is 45.0 Å². The first-order chi connectivity index (χ1) is 11.7. The molecule has 6 nitrogen and oxygen atoms in total. The molecule has 4 rings (SSSR count). The minimum atomic E-state index is 0.0902. The minimum absolute atomic E-state index is 0.0902. The third kappa shape index (κ3) is 2.82. The zero-order valence-corrected chi connectivity index (χ0v) is 13.9. The van der Waals surface area contributed by atoms with Crippen LogP contribution in [0.1, 0.15) is 35.7 Å². The van der Waals surface area contributed by atoms with Crippen molar-refractivity contribution in [2.24, 2.45) is 0 Å². The number of piperidine rings is 1. The second kappa shape index (κ2) is 6.36. The van der Waals surface area contributed by atoms with Gasteiger partial charge in [-0.1, -0.05) is 29.5 Å². The van der Waals surface area contributed by atoms with Crippen LogP contribution in [-0.2, 0) is 22.6 Å². The number of rotatable bonds is 3. The average molecular weight is 326 g/mol. The Kier molecular flexibility index (Phi) is 4.06. The van der Waals surface area contributed by atoms with E-state index in [-0.39, 0.29) is 18.1 Å². The van der Waals surface area contributed by atoms with Gasteiger partial charge in [-0.2, -0.15) is 0 Å². The van der Waals surface area contributed by atoms with Crippen LogP contribution in [0.5, 0.6) is 0 Å². The highest BCUT2D eigenvalue weighted by Gasteiger charge is 2.37. The molecule has 2 aliphatic rings. The number of amides is 1. The minimum Gasteiger partial charge on any atom is -0.370 e. The summed E-state index contributed by atoms with van der Waals surface area (Å²) < 4.78 is 7.84. The normalized spacial score (nSPS) is 22.8.